The molecular weight excluding hydrogens is 196 g/mol. The maximum atomic E-state index is 8.67. The summed E-state index contributed by atoms with van der Waals surface area (Å²) >= 11 is 0. The molecule has 0 fully saturated rings. The molecule has 2 nitrogen and oxygen atoms in total. The van der Waals surface area contributed by atoms with Crippen LogP contribution in [0.1, 0.15) is 31.9 Å². The van der Waals surface area contributed by atoms with Gasteiger partial charge in [-0.1, -0.05) is 39.0 Å². The van der Waals surface area contributed by atoms with Crippen molar-refractivity contribution in [3.63, 3.8) is 0 Å². The van der Waals surface area contributed by atoms with Crippen molar-refractivity contribution in [3.05, 3.63) is 41.0 Å². The maximum absolute atomic E-state index is 8.67. The highest BCUT2D eigenvalue weighted by molar-refractivity contribution is 5.62. The second kappa shape index (κ2) is 4.64. The first kappa shape index (κ1) is 12.0. The summed E-state index contributed by atoms with van der Waals surface area (Å²) in [5.41, 5.74) is 2.06. The summed E-state index contributed by atoms with van der Waals surface area (Å²) in [6.45, 7) is 6.30. The van der Waals surface area contributed by atoms with Gasteiger partial charge in [0.25, 0.3) is 0 Å². The van der Waals surface area contributed by atoms with Crippen LogP contribution in [0.5, 0.6) is 0 Å². The molecule has 2 heteroatoms. The van der Waals surface area contributed by atoms with Gasteiger partial charge in [-0.15, -0.1) is 0 Å². The van der Waals surface area contributed by atoms with Gasteiger partial charge in [0, 0.05) is 0 Å². The van der Waals surface area contributed by atoms with E-state index in [1.807, 2.05) is 30.3 Å². The highest BCUT2D eigenvalue weighted by Gasteiger charge is 2.13. The van der Waals surface area contributed by atoms with Gasteiger partial charge in [0.1, 0.15) is 17.7 Å². The van der Waals surface area contributed by atoms with Crippen molar-refractivity contribution in [1.82, 2.24) is 0 Å². The molecule has 0 aliphatic rings. The van der Waals surface area contributed by atoms with Crippen LogP contribution in [0.3, 0.4) is 0 Å². The monoisotopic (exact) mass is 209 g/mol. The van der Waals surface area contributed by atoms with Gasteiger partial charge in [0.05, 0.1) is 0 Å². The predicted octanol–water partition coefficient (Wildman–Crippen LogP) is 3.21. The lowest BCUT2D eigenvalue weighted by molar-refractivity contribution is 0.589. The molecule has 0 N–H and O–H groups in total. The van der Waals surface area contributed by atoms with Crippen LogP contribution >= 0.6 is 0 Å². The van der Waals surface area contributed by atoms with Gasteiger partial charge in [0.15, 0.2) is 0 Å². The first-order chi connectivity index (χ1) is 7.47. The molecule has 16 heavy (non-hydrogen) atoms. The highest BCUT2D eigenvalue weighted by atomic mass is 14.3. The Labute approximate surface area is 96.4 Å². The molecule has 0 saturated carbocycles. The third-order valence-corrected chi connectivity index (χ3v) is 2.19. The van der Waals surface area contributed by atoms with Gasteiger partial charge in [-0.2, -0.15) is 10.5 Å². The molecule has 0 aromatic heterocycles. The Hall–Kier alpha value is -2.06. The smallest absolute Gasteiger partial charge is 0.130 e. The number of benzene rings is 1. The molecular formula is C14H13N2. The van der Waals surface area contributed by atoms with Gasteiger partial charge in [-0.25, -0.2) is 0 Å². The number of hydrogen-bond donors (Lipinski definition) is 0. The standard InChI is InChI=1S/C14H13N2/c1-14(2,3)13-6-4-5-11(8-13)7-12(9-15)10-16/h4-5,7-8H,1-3H3. The molecule has 0 bridgehead atoms. The van der Waals surface area contributed by atoms with E-state index in [0.29, 0.717) is 0 Å². The van der Waals surface area contributed by atoms with Crippen molar-refractivity contribution in [2.75, 3.05) is 0 Å². The fraction of sp³-hybridized carbons (Fsp3) is 0.286. The molecule has 79 valence electrons. The fourth-order valence-electron chi connectivity index (χ4n) is 1.26. The summed E-state index contributed by atoms with van der Waals surface area (Å²) in [5.74, 6) is 0. The van der Waals surface area contributed by atoms with E-state index in [1.165, 1.54) is 0 Å². The summed E-state index contributed by atoms with van der Waals surface area (Å²) < 4.78 is 0. The quantitative estimate of drug-likeness (QED) is 0.667. The lowest BCUT2D eigenvalue weighted by atomic mass is 9.86. The van der Waals surface area contributed by atoms with Gasteiger partial charge >= 0.3 is 0 Å². The van der Waals surface area contributed by atoms with E-state index >= 15 is 0 Å². The third kappa shape index (κ3) is 2.97. The zero-order chi connectivity index (χ0) is 12.2. The molecule has 1 rings (SSSR count). The van der Waals surface area contributed by atoms with Crippen molar-refractivity contribution in [2.45, 2.75) is 26.2 Å². The normalized spacial score (nSPS) is 10.1. The van der Waals surface area contributed by atoms with Crippen molar-refractivity contribution in [1.29, 1.82) is 10.5 Å². The second-order valence-electron chi connectivity index (χ2n) is 4.57. The summed E-state index contributed by atoms with van der Waals surface area (Å²) in [6.07, 6.45) is 1.59. The molecule has 1 aromatic carbocycles. The first-order valence-corrected chi connectivity index (χ1v) is 5.01. The van der Waals surface area contributed by atoms with E-state index in [-0.39, 0.29) is 11.0 Å². The van der Waals surface area contributed by atoms with Crippen molar-refractivity contribution < 1.29 is 0 Å². The molecule has 1 aromatic rings. The third-order valence-electron chi connectivity index (χ3n) is 2.19. The highest BCUT2D eigenvalue weighted by Crippen LogP contribution is 2.23. The molecule has 1 radical (unpaired) electrons. The minimum Gasteiger partial charge on any atom is -0.192 e. The maximum Gasteiger partial charge on any atom is 0.130 e. The minimum absolute atomic E-state index is 0.0172. The summed E-state index contributed by atoms with van der Waals surface area (Å²) in [5, 5.41) is 17.3. The van der Waals surface area contributed by atoms with Crippen molar-refractivity contribution >= 4 is 6.08 Å². The van der Waals surface area contributed by atoms with Gasteiger partial charge in [0.2, 0.25) is 0 Å². The zero-order valence-corrected chi connectivity index (χ0v) is 9.70. The number of allylic oxidation sites excluding steroid dienone is 1. The Morgan fingerprint density at radius 2 is 1.94 bits per heavy atom. The topological polar surface area (TPSA) is 47.6 Å². The van der Waals surface area contributed by atoms with E-state index < -0.39 is 0 Å². The van der Waals surface area contributed by atoms with Gasteiger partial charge in [-0.3, -0.25) is 0 Å². The molecule has 0 unspecified atom stereocenters. The molecule has 0 amide bonds. The van der Waals surface area contributed by atoms with E-state index in [2.05, 4.69) is 26.8 Å². The SMILES string of the molecule is CC(C)(C)c1[c]ccc(C=C(C#N)C#N)c1. The Morgan fingerprint density at radius 1 is 1.31 bits per heavy atom. The largest absolute Gasteiger partial charge is 0.192 e. The zero-order valence-electron chi connectivity index (χ0n) is 9.70. The Balaban J connectivity index is 3.16. The van der Waals surface area contributed by atoms with E-state index in [1.54, 1.807) is 6.08 Å². The summed E-state index contributed by atoms with van der Waals surface area (Å²) in [6, 6.07) is 12.5. The molecule has 0 aliphatic heterocycles. The average molecular weight is 209 g/mol. The van der Waals surface area contributed by atoms with E-state index in [4.69, 9.17) is 10.5 Å². The summed E-state index contributed by atoms with van der Waals surface area (Å²) in [4.78, 5) is 0. The molecule has 0 spiro atoms. The van der Waals surface area contributed by atoms with Crippen LogP contribution < -0.4 is 0 Å². The lowest BCUT2D eigenvalue weighted by Crippen LogP contribution is -2.11. The minimum atomic E-state index is 0.0172. The van der Waals surface area contributed by atoms with Crippen LogP contribution in [0.25, 0.3) is 6.08 Å². The Morgan fingerprint density at radius 3 is 2.44 bits per heavy atom. The van der Waals surface area contributed by atoms with Crippen LogP contribution in [-0.2, 0) is 5.41 Å². The molecule has 0 heterocycles. The number of nitrogens with zero attached hydrogens (tertiary/aromatic N) is 2. The predicted molar refractivity (Wildman–Crippen MR) is 63.2 cm³/mol. The Kier molecular flexibility index (Phi) is 3.48. The van der Waals surface area contributed by atoms with Gasteiger partial charge in [-0.05, 0) is 28.7 Å². The van der Waals surface area contributed by atoms with Crippen LogP contribution in [0, 0.1) is 28.7 Å². The number of nitriles is 2. The number of rotatable bonds is 1. The van der Waals surface area contributed by atoms with Crippen LogP contribution in [0.4, 0.5) is 0 Å². The second-order valence-corrected chi connectivity index (χ2v) is 4.57. The molecule has 0 aliphatic carbocycles. The average Bonchev–Trinajstić information content (AvgIpc) is 2.25. The molecule has 0 atom stereocenters. The van der Waals surface area contributed by atoms with E-state index in [9.17, 15) is 0 Å². The fourth-order valence-corrected chi connectivity index (χ4v) is 1.26. The first-order valence-electron chi connectivity index (χ1n) is 5.01. The van der Waals surface area contributed by atoms with E-state index in [0.717, 1.165) is 11.1 Å². The Bertz CT molecular complexity index is 475. The van der Waals surface area contributed by atoms with Crippen molar-refractivity contribution in [2.24, 2.45) is 0 Å². The summed E-state index contributed by atoms with van der Waals surface area (Å²) in [7, 11) is 0. The van der Waals surface area contributed by atoms with Crippen LogP contribution in [-0.4, -0.2) is 0 Å². The van der Waals surface area contributed by atoms with Crippen LogP contribution in [0.15, 0.2) is 23.8 Å². The van der Waals surface area contributed by atoms with Crippen molar-refractivity contribution in [3.8, 4) is 12.1 Å². The number of hydrogen-bond acceptors (Lipinski definition) is 2. The lowest BCUT2D eigenvalue weighted by Gasteiger charge is -2.18. The molecule has 0 saturated heterocycles. The van der Waals surface area contributed by atoms with Gasteiger partial charge < -0.3 is 0 Å². The van der Waals surface area contributed by atoms with Crippen LogP contribution in [0.2, 0.25) is 0 Å².